The molecule has 51 heavy (non-hydrogen) atoms. The molecule has 0 atom stereocenters. The minimum Gasteiger partial charge on any atom is -0.457 e. The van der Waals surface area contributed by atoms with Crippen LogP contribution in [0.15, 0.2) is 140 Å². The van der Waals surface area contributed by atoms with Gasteiger partial charge in [-0.3, -0.25) is 13.8 Å². The van der Waals surface area contributed by atoms with Crippen LogP contribution in [-0.4, -0.2) is 23.8 Å². The topological polar surface area (TPSA) is 56.7 Å². The number of aromatic nitrogens is 5. The normalized spacial score (nSPS) is 12.1. The second kappa shape index (κ2) is 10.4. The van der Waals surface area contributed by atoms with Crippen LogP contribution in [0.4, 0.5) is 0 Å². The summed E-state index contributed by atoms with van der Waals surface area (Å²) in [6.07, 6.45) is 1.85. The van der Waals surface area contributed by atoms with Crippen LogP contribution in [0, 0.1) is 13.8 Å². The largest absolute Gasteiger partial charge is 0.457 e. The fraction of sp³-hybridized carbons (Fsp3) is 0.0444. The Morgan fingerprint density at radius 2 is 1.06 bits per heavy atom. The molecule has 0 aliphatic rings. The van der Waals surface area contributed by atoms with Gasteiger partial charge in [-0.05, 0) is 120 Å². The summed E-state index contributed by atoms with van der Waals surface area (Å²) < 4.78 is 11.2. The third-order valence-electron chi connectivity index (χ3n) is 10.4. The summed E-state index contributed by atoms with van der Waals surface area (Å²) in [7, 11) is 0. The Morgan fingerprint density at radius 1 is 0.471 bits per heavy atom. The van der Waals surface area contributed by atoms with E-state index < -0.39 is 0 Å². The van der Waals surface area contributed by atoms with Crippen LogP contribution in [0.1, 0.15) is 11.1 Å². The molecule has 6 nitrogen and oxygen atoms in total. The molecule has 240 valence electrons. The van der Waals surface area contributed by atoms with Gasteiger partial charge in [-0.2, -0.15) is 0 Å². The zero-order chi connectivity index (χ0) is 33.8. The average Bonchev–Trinajstić information content (AvgIpc) is 3.75. The first-order valence-corrected chi connectivity index (χ1v) is 17.2. The van der Waals surface area contributed by atoms with Crippen molar-refractivity contribution in [1.82, 2.24) is 23.8 Å². The molecule has 5 heterocycles. The van der Waals surface area contributed by atoms with Crippen molar-refractivity contribution in [2.45, 2.75) is 13.8 Å². The van der Waals surface area contributed by atoms with Crippen molar-refractivity contribution >= 4 is 76.8 Å². The number of fused-ring (bicyclic) bond motifs is 16. The second-order valence-electron chi connectivity index (χ2n) is 13.4. The molecule has 6 aromatic carbocycles. The van der Waals surface area contributed by atoms with E-state index in [4.69, 9.17) is 19.7 Å². The lowest BCUT2D eigenvalue weighted by Crippen LogP contribution is -1.95. The number of pyridine rings is 3. The Kier molecular flexibility index (Phi) is 5.71. The number of hydrogen-bond acceptors (Lipinski definition) is 4. The van der Waals surface area contributed by atoms with Crippen LogP contribution in [0.3, 0.4) is 0 Å². The summed E-state index contributed by atoms with van der Waals surface area (Å²) in [6, 6.07) is 46.6. The number of nitrogens with zero attached hydrogens (tertiary/aromatic N) is 5. The fourth-order valence-electron chi connectivity index (χ4n) is 8.18. The maximum absolute atomic E-state index is 6.67. The van der Waals surface area contributed by atoms with E-state index in [1.54, 1.807) is 0 Å². The zero-order valence-electron chi connectivity index (χ0n) is 27.9. The standard InChI is InChI=1S/C45H29N5O/c1-26-9-7-10-27(2)42(26)28-16-19-32-31-20-17-29(24-34(31)44-47-37-12-4-6-14-39(37)50(44)41(32)23-28)51-30-18-21-33-35(25-30)45-48-36-11-3-5-13-38(36)49(45)40-15-8-22-46-43(33)40/h3-25H,1-2H3. The Balaban J connectivity index is 1.12. The molecule has 11 aromatic rings. The number of hydrogen-bond donors (Lipinski definition) is 0. The molecular formula is C45H29N5O. The molecule has 0 radical (unpaired) electrons. The molecule has 0 N–H and O–H groups in total. The highest BCUT2D eigenvalue weighted by molar-refractivity contribution is 6.15. The summed E-state index contributed by atoms with van der Waals surface area (Å²) >= 11 is 0. The number of ether oxygens (including phenoxy) is 1. The molecule has 0 aliphatic heterocycles. The van der Waals surface area contributed by atoms with E-state index in [0.717, 1.165) is 83.0 Å². The molecule has 0 unspecified atom stereocenters. The molecule has 0 spiro atoms. The maximum atomic E-state index is 6.67. The highest BCUT2D eigenvalue weighted by atomic mass is 16.5. The van der Waals surface area contributed by atoms with Crippen molar-refractivity contribution in [3.05, 3.63) is 151 Å². The first kappa shape index (κ1) is 28.1. The highest BCUT2D eigenvalue weighted by Gasteiger charge is 2.18. The Hall–Kier alpha value is -6.79. The third kappa shape index (κ3) is 4.01. The molecule has 11 rings (SSSR count). The number of para-hydroxylation sites is 4. The molecule has 5 aromatic heterocycles. The lowest BCUT2D eigenvalue weighted by Gasteiger charge is -2.15. The predicted octanol–water partition coefficient (Wildman–Crippen LogP) is 11.4. The quantitative estimate of drug-likeness (QED) is 0.178. The minimum atomic E-state index is 0.731. The smallest absolute Gasteiger partial charge is 0.146 e. The van der Waals surface area contributed by atoms with Gasteiger partial charge < -0.3 is 4.74 Å². The zero-order valence-corrected chi connectivity index (χ0v) is 27.9. The maximum Gasteiger partial charge on any atom is 0.146 e. The van der Waals surface area contributed by atoms with Crippen molar-refractivity contribution in [3.63, 3.8) is 0 Å². The van der Waals surface area contributed by atoms with Gasteiger partial charge in [0.2, 0.25) is 0 Å². The van der Waals surface area contributed by atoms with Crippen molar-refractivity contribution < 1.29 is 4.74 Å². The van der Waals surface area contributed by atoms with E-state index >= 15 is 0 Å². The average molecular weight is 656 g/mol. The Morgan fingerprint density at radius 3 is 1.76 bits per heavy atom. The van der Waals surface area contributed by atoms with Gasteiger partial charge >= 0.3 is 0 Å². The van der Waals surface area contributed by atoms with Gasteiger partial charge in [0, 0.05) is 27.7 Å². The van der Waals surface area contributed by atoms with Gasteiger partial charge in [-0.15, -0.1) is 0 Å². The van der Waals surface area contributed by atoms with E-state index in [-0.39, 0.29) is 0 Å². The predicted molar refractivity (Wildman–Crippen MR) is 208 cm³/mol. The van der Waals surface area contributed by atoms with E-state index in [1.165, 1.54) is 27.6 Å². The number of rotatable bonds is 3. The van der Waals surface area contributed by atoms with Gasteiger partial charge in [-0.25, -0.2) is 9.97 Å². The van der Waals surface area contributed by atoms with Crippen LogP contribution >= 0.6 is 0 Å². The van der Waals surface area contributed by atoms with Crippen LogP contribution in [-0.2, 0) is 0 Å². The lowest BCUT2D eigenvalue weighted by atomic mass is 9.94. The van der Waals surface area contributed by atoms with Gasteiger partial charge in [0.15, 0.2) is 0 Å². The Labute approximate surface area is 291 Å². The molecule has 0 saturated carbocycles. The fourth-order valence-corrected chi connectivity index (χ4v) is 8.18. The Bertz CT molecular complexity index is 3240. The summed E-state index contributed by atoms with van der Waals surface area (Å²) in [6.45, 7) is 4.37. The van der Waals surface area contributed by atoms with E-state index in [9.17, 15) is 0 Å². The van der Waals surface area contributed by atoms with Crippen molar-refractivity contribution in [2.75, 3.05) is 0 Å². The number of benzene rings is 6. The second-order valence-corrected chi connectivity index (χ2v) is 13.4. The SMILES string of the molecule is Cc1cccc(C)c1-c1ccc2c3ccc(Oc4ccc5c(c4)c4nc6ccccc6n4c4cccnc54)cc3c3nc4ccccc4n3c2c1. The van der Waals surface area contributed by atoms with Crippen LogP contribution in [0.25, 0.3) is 88.0 Å². The molecule has 6 heteroatoms. The number of imidazole rings is 2. The molecule has 0 saturated heterocycles. The van der Waals surface area contributed by atoms with E-state index in [0.29, 0.717) is 0 Å². The first-order chi connectivity index (χ1) is 25.1. The molecular weight excluding hydrogens is 627 g/mol. The van der Waals surface area contributed by atoms with Crippen LogP contribution < -0.4 is 4.74 Å². The monoisotopic (exact) mass is 655 g/mol. The summed E-state index contributed by atoms with van der Waals surface area (Å²) in [5.41, 5.74) is 13.9. The summed E-state index contributed by atoms with van der Waals surface area (Å²) in [5, 5.41) is 5.37. The van der Waals surface area contributed by atoms with Crippen molar-refractivity contribution in [3.8, 4) is 22.6 Å². The third-order valence-corrected chi connectivity index (χ3v) is 10.4. The van der Waals surface area contributed by atoms with Crippen molar-refractivity contribution in [1.29, 1.82) is 0 Å². The van der Waals surface area contributed by atoms with Crippen molar-refractivity contribution in [2.24, 2.45) is 0 Å². The van der Waals surface area contributed by atoms with E-state index in [1.807, 2.05) is 30.5 Å². The molecule has 0 aliphatic carbocycles. The minimum absolute atomic E-state index is 0.731. The van der Waals surface area contributed by atoms with Crippen LogP contribution in [0.2, 0.25) is 0 Å². The highest BCUT2D eigenvalue weighted by Crippen LogP contribution is 2.39. The van der Waals surface area contributed by atoms with Gasteiger partial charge in [-0.1, -0.05) is 54.6 Å². The number of aryl methyl sites for hydroxylation is 2. The van der Waals surface area contributed by atoms with Crippen LogP contribution in [0.5, 0.6) is 11.5 Å². The first-order valence-electron chi connectivity index (χ1n) is 17.2. The molecule has 0 fully saturated rings. The van der Waals surface area contributed by atoms with E-state index in [2.05, 4.69) is 132 Å². The summed E-state index contributed by atoms with van der Waals surface area (Å²) in [5.74, 6) is 1.47. The van der Waals surface area contributed by atoms with Gasteiger partial charge in [0.25, 0.3) is 0 Å². The van der Waals surface area contributed by atoms with Gasteiger partial charge in [0.1, 0.15) is 22.8 Å². The summed E-state index contributed by atoms with van der Waals surface area (Å²) in [4.78, 5) is 15.1. The van der Waals surface area contributed by atoms with Gasteiger partial charge in [0.05, 0.1) is 38.6 Å². The molecule has 0 amide bonds. The lowest BCUT2D eigenvalue weighted by molar-refractivity contribution is 0.484. The molecule has 0 bridgehead atoms.